The number of unbranched alkanes of at least 4 members (excludes halogenated alkanes) is 2. The average molecular weight is 377 g/mol. The number of anilines is 2. The SMILES string of the molecule is CCCCNc1nc(N)c2nc(OC)n(CCCCC3CCCCO3)c2n1. The number of nitrogens with zero attached hydrogens (tertiary/aromatic N) is 4. The normalized spacial score (nSPS) is 17.3. The third-order valence-electron chi connectivity index (χ3n) is 5.01. The molecule has 0 bridgehead atoms. The van der Waals surface area contributed by atoms with Crippen molar-refractivity contribution in [1.29, 1.82) is 0 Å². The van der Waals surface area contributed by atoms with E-state index in [0.29, 0.717) is 29.4 Å². The van der Waals surface area contributed by atoms with Crippen LogP contribution in [-0.4, -0.2) is 45.9 Å². The molecule has 8 nitrogen and oxygen atoms in total. The number of hydrogen-bond acceptors (Lipinski definition) is 7. The molecular formula is C19H32N6O2. The van der Waals surface area contributed by atoms with E-state index in [-0.39, 0.29) is 0 Å². The van der Waals surface area contributed by atoms with Gasteiger partial charge in [-0.2, -0.15) is 15.0 Å². The van der Waals surface area contributed by atoms with Crippen LogP contribution in [0.25, 0.3) is 11.2 Å². The van der Waals surface area contributed by atoms with Gasteiger partial charge in [-0.1, -0.05) is 13.3 Å². The smallest absolute Gasteiger partial charge is 0.298 e. The van der Waals surface area contributed by atoms with E-state index < -0.39 is 0 Å². The van der Waals surface area contributed by atoms with Crippen LogP contribution in [0, 0.1) is 0 Å². The third-order valence-corrected chi connectivity index (χ3v) is 5.01. The average Bonchev–Trinajstić information content (AvgIpc) is 3.04. The molecule has 0 aliphatic carbocycles. The van der Waals surface area contributed by atoms with Crippen molar-refractivity contribution in [2.75, 3.05) is 31.3 Å². The predicted molar refractivity (Wildman–Crippen MR) is 107 cm³/mol. The minimum Gasteiger partial charge on any atom is -0.468 e. The summed E-state index contributed by atoms with van der Waals surface area (Å²) in [4.78, 5) is 13.4. The fourth-order valence-corrected chi connectivity index (χ4v) is 3.49. The van der Waals surface area contributed by atoms with Crippen molar-refractivity contribution in [3.63, 3.8) is 0 Å². The lowest BCUT2D eigenvalue weighted by atomic mass is 10.0. The molecule has 0 aromatic carbocycles. The van der Waals surface area contributed by atoms with Gasteiger partial charge in [0.1, 0.15) is 0 Å². The van der Waals surface area contributed by atoms with E-state index in [1.54, 1.807) is 7.11 Å². The maximum Gasteiger partial charge on any atom is 0.298 e. The molecule has 1 unspecified atom stereocenters. The van der Waals surface area contributed by atoms with Gasteiger partial charge in [-0.25, -0.2) is 0 Å². The Morgan fingerprint density at radius 1 is 1.22 bits per heavy atom. The van der Waals surface area contributed by atoms with Gasteiger partial charge in [0.05, 0.1) is 13.2 Å². The first-order chi connectivity index (χ1) is 13.2. The van der Waals surface area contributed by atoms with Crippen LogP contribution in [0.15, 0.2) is 0 Å². The lowest BCUT2D eigenvalue weighted by molar-refractivity contribution is 0.00970. The molecule has 0 radical (unpaired) electrons. The number of hydrogen-bond donors (Lipinski definition) is 2. The molecule has 1 aliphatic rings. The number of methoxy groups -OCH3 is 1. The molecule has 0 saturated carbocycles. The second-order valence-corrected chi connectivity index (χ2v) is 7.12. The molecule has 0 amide bonds. The van der Waals surface area contributed by atoms with Crippen LogP contribution in [0.2, 0.25) is 0 Å². The highest BCUT2D eigenvalue weighted by Crippen LogP contribution is 2.26. The van der Waals surface area contributed by atoms with Crippen molar-refractivity contribution in [2.24, 2.45) is 0 Å². The van der Waals surface area contributed by atoms with Crippen LogP contribution in [0.5, 0.6) is 6.01 Å². The molecule has 3 heterocycles. The first-order valence-corrected chi connectivity index (χ1v) is 10.2. The number of aromatic nitrogens is 4. The minimum atomic E-state index is 0.381. The molecule has 150 valence electrons. The number of fused-ring (bicyclic) bond motifs is 1. The molecular weight excluding hydrogens is 344 g/mol. The molecule has 0 spiro atoms. The molecule has 2 aromatic rings. The van der Waals surface area contributed by atoms with Crippen LogP contribution >= 0.6 is 0 Å². The number of aryl methyl sites for hydroxylation is 1. The van der Waals surface area contributed by atoms with Crippen LogP contribution < -0.4 is 15.8 Å². The van der Waals surface area contributed by atoms with Crippen LogP contribution in [0.1, 0.15) is 58.3 Å². The van der Waals surface area contributed by atoms with Gasteiger partial charge < -0.3 is 20.5 Å². The Labute approximate surface area is 160 Å². The first-order valence-electron chi connectivity index (χ1n) is 10.2. The van der Waals surface area contributed by atoms with Crippen LogP contribution in [-0.2, 0) is 11.3 Å². The predicted octanol–water partition coefficient (Wildman–Crippen LogP) is 3.37. The lowest BCUT2D eigenvalue weighted by Crippen LogP contribution is -2.18. The first kappa shape index (κ1) is 19.7. The van der Waals surface area contributed by atoms with E-state index in [1.165, 1.54) is 19.3 Å². The van der Waals surface area contributed by atoms with Gasteiger partial charge in [0.2, 0.25) is 5.95 Å². The summed E-state index contributed by atoms with van der Waals surface area (Å²) in [6, 6.07) is 0.533. The summed E-state index contributed by atoms with van der Waals surface area (Å²) in [6.45, 7) is 4.68. The largest absolute Gasteiger partial charge is 0.468 e. The van der Waals surface area contributed by atoms with E-state index in [9.17, 15) is 0 Å². The summed E-state index contributed by atoms with van der Waals surface area (Å²) in [5.74, 6) is 0.930. The number of rotatable bonds is 10. The quantitative estimate of drug-likeness (QED) is 0.613. The summed E-state index contributed by atoms with van der Waals surface area (Å²) < 4.78 is 13.3. The van der Waals surface area contributed by atoms with Gasteiger partial charge in [0.25, 0.3) is 6.01 Å². The third kappa shape index (κ3) is 5.00. The maximum absolute atomic E-state index is 6.11. The van der Waals surface area contributed by atoms with Crippen molar-refractivity contribution in [2.45, 2.75) is 70.9 Å². The van der Waals surface area contributed by atoms with E-state index in [2.05, 4.69) is 27.2 Å². The second-order valence-electron chi connectivity index (χ2n) is 7.12. The Kier molecular flexibility index (Phi) is 7.09. The summed E-state index contributed by atoms with van der Waals surface area (Å²) in [6.07, 6.45) is 9.50. The number of nitrogens with two attached hydrogens (primary N) is 1. The molecule has 2 aromatic heterocycles. The second kappa shape index (κ2) is 9.73. The summed E-state index contributed by atoms with van der Waals surface area (Å²) >= 11 is 0. The molecule has 3 N–H and O–H groups in total. The maximum atomic E-state index is 6.11. The monoisotopic (exact) mass is 376 g/mol. The summed E-state index contributed by atoms with van der Waals surface area (Å²) in [7, 11) is 1.62. The van der Waals surface area contributed by atoms with Gasteiger partial charge in [-0.05, 0) is 44.9 Å². The molecule has 1 atom stereocenters. The molecule has 1 fully saturated rings. The summed E-state index contributed by atoms with van der Waals surface area (Å²) in [5.41, 5.74) is 7.44. The Bertz CT molecular complexity index is 727. The Morgan fingerprint density at radius 3 is 2.85 bits per heavy atom. The lowest BCUT2D eigenvalue weighted by Gasteiger charge is -2.22. The zero-order valence-electron chi connectivity index (χ0n) is 16.5. The van der Waals surface area contributed by atoms with Gasteiger partial charge >= 0.3 is 0 Å². The molecule has 1 aliphatic heterocycles. The molecule has 3 rings (SSSR count). The zero-order chi connectivity index (χ0) is 19.1. The van der Waals surface area contributed by atoms with E-state index in [1.807, 2.05) is 4.57 Å². The summed E-state index contributed by atoms with van der Waals surface area (Å²) in [5, 5.41) is 3.24. The van der Waals surface area contributed by atoms with E-state index in [0.717, 1.165) is 57.4 Å². The van der Waals surface area contributed by atoms with Gasteiger partial charge in [0, 0.05) is 19.7 Å². The van der Waals surface area contributed by atoms with Crippen molar-refractivity contribution >= 4 is 22.9 Å². The van der Waals surface area contributed by atoms with Crippen molar-refractivity contribution in [3.8, 4) is 6.01 Å². The van der Waals surface area contributed by atoms with E-state index >= 15 is 0 Å². The van der Waals surface area contributed by atoms with Crippen LogP contribution in [0.3, 0.4) is 0 Å². The van der Waals surface area contributed by atoms with Gasteiger partial charge in [0.15, 0.2) is 17.0 Å². The number of nitrogen functional groups attached to an aromatic ring is 1. The molecule has 27 heavy (non-hydrogen) atoms. The zero-order valence-corrected chi connectivity index (χ0v) is 16.5. The fraction of sp³-hybridized carbons (Fsp3) is 0.737. The highest BCUT2D eigenvalue weighted by Gasteiger charge is 2.18. The highest BCUT2D eigenvalue weighted by atomic mass is 16.5. The fourth-order valence-electron chi connectivity index (χ4n) is 3.49. The van der Waals surface area contributed by atoms with Crippen molar-refractivity contribution in [3.05, 3.63) is 0 Å². The van der Waals surface area contributed by atoms with Gasteiger partial charge in [-0.15, -0.1) is 0 Å². The minimum absolute atomic E-state index is 0.381. The number of ether oxygens (including phenoxy) is 2. The Hall–Kier alpha value is -2.09. The number of imidazole rings is 1. The molecule has 1 saturated heterocycles. The number of nitrogens with one attached hydrogen (secondary N) is 1. The highest BCUT2D eigenvalue weighted by molar-refractivity contribution is 5.84. The topological polar surface area (TPSA) is 100 Å². The Morgan fingerprint density at radius 2 is 2.11 bits per heavy atom. The van der Waals surface area contributed by atoms with Gasteiger partial charge in [-0.3, -0.25) is 4.57 Å². The Balaban J connectivity index is 1.68. The van der Waals surface area contributed by atoms with Crippen molar-refractivity contribution in [1.82, 2.24) is 19.5 Å². The van der Waals surface area contributed by atoms with Crippen molar-refractivity contribution < 1.29 is 9.47 Å². The van der Waals surface area contributed by atoms with E-state index in [4.69, 9.17) is 15.2 Å². The molecule has 8 heteroatoms. The standard InChI is InChI=1S/C19H32N6O2/c1-3-4-11-21-18-23-16(20)15-17(24-18)25(19(22-15)26-2)12-7-5-9-14-10-6-8-13-27-14/h14H,3-13H2,1-2H3,(H3,20,21,23,24). The van der Waals surface area contributed by atoms with Crippen LogP contribution in [0.4, 0.5) is 11.8 Å².